The average molecular weight is 284 g/mol. The van der Waals surface area contributed by atoms with Gasteiger partial charge in [0.1, 0.15) is 6.04 Å². The number of rotatable bonds is 7. The van der Waals surface area contributed by atoms with Crippen LogP contribution < -0.4 is 10.6 Å². The molecule has 112 valence electrons. The van der Waals surface area contributed by atoms with Gasteiger partial charge in [-0.1, -0.05) is 13.8 Å². The van der Waals surface area contributed by atoms with Gasteiger partial charge in [-0.25, -0.2) is 9.59 Å². The molecule has 2 amide bonds. The fourth-order valence-electron chi connectivity index (χ4n) is 1.36. The van der Waals surface area contributed by atoms with Gasteiger partial charge < -0.3 is 15.7 Å². The third kappa shape index (κ3) is 9.15. The van der Waals surface area contributed by atoms with Crippen LogP contribution in [0.3, 0.4) is 0 Å². The van der Waals surface area contributed by atoms with E-state index >= 15 is 0 Å². The second-order valence-corrected chi connectivity index (χ2v) is 4.53. The highest BCUT2D eigenvalue weighted by Gasteiger charge is 2.26. The van der Waals surface area contributed by atoms with Crippen molar-refractivity contribution < 1.29 is 27.9 Å². The first kappa shape index (κ1) is 17.5. The van der Waals surface area contributed by atoms with Crippen LogP contribution in [0.2, 0.25) is 0 Å². The molecule has 0 saturated heterocycles. The first-order chi connectivity index (χ1) is 8.63. The Balaban J connectivity index is 3.84. The summed E-state index contributed by atoms with van der Waals surface area (Å²) in [7, 11) is 0. The van der Waals surface area contributed by atoms with Crippen LogP contribution in [0.1, 0.15) is 33.1 Å². The second-order valence-electron chi connectivity index (χ2n) is 4.53. The van der Waals surface area contributed by atoms with Crippen molar-refractivity contribution in [3.63, 3.8) is 0 Å². The molecule has 0 radical (unpaired) electrons. The van der Waals surface area contributed by atoms with E-state index in [1.54, 1.807) is 13.8 Å². The number of carbonyl (C=O) groups excluding carboxylic acids is 1. The SMILES string of the molecule is CC(C)[C@@H](NC(=O)NCCCCC(F)(F)F)C(=O)O. The minimum absolute atomic E-state index is 0.0731. The van der Waals surface area contributed by atoms with Gasteiger partial charge >= 0.3 is 18.2 Å². The Hall–Kier alpha value is -1.47. The molecule has 0 unspecified atom stereocenters. The van der Waals surface area contributed by atoms with E-state index in [0.29, 0.717) is 0 Å². The zero-order valence-electron chi connectivity index (χ0n) is 10.9. The van der Waals surface area contributed by atoms with Crippen molar-refractivity contribution in [1.82, 2.24) is 10.6 Å². The monoisotopic (exact) mass is 284 g/mol. The van der Waals surface area contributed by atoms with E-state index in [9.17, 15) is 22.8 Å². The molecule has 19 heavy (non-hydrogen) atoms. The standard InChI is InChI=1S/C11H19F3N2O3/c1-7(2)8(9(17)18)16-10(19)15-6-4-3-5-11(12,13)14/h7-8H,3-6H2,1-2H3,(H,17,18)(H2,15,16,19)/t8-/m1/s1. The Morgan fingerprint density at radius 2 is 1.79 bits per heavy atom. The molecule has 0 aliphatic heterocycles. The Kier molecular flexibility index (Phi) is 7.25. The number of nitrogens with one attached hydrogen (secondary N) is 2. The van der Waals surface area contributed by atoms with Crippen molar-refractivity contribution in [3.8, 4) is 0 Å². The van der Waals surface area contributed by atoms with E-state index in [1.165, 1.54) is 0 Å². The maximum Gasteiger partial charge on any atom is 0.389 e. The molecule has 0 spiro atoms. The molecule has 3 N–H and O–H groups in total. The summed E-state index contributed by atoms with van der Waals surface area (Å²) in [5, 5.41) is 13.4. The summed E-state index contributed by atoms with van der Waals surface area (Å²) in [4.78, 5) is 22.1. The highest BCUT2D eigenvalue weighted by atomic mass is 19.4. The van der Waals surface area contributed by atoms with Crippen molar-refractivity contribution in [2.45, 2.75) is 45.3 Å². The van der Waals surface area contributed by atoms with Crippen LogP contribution in [0.25, 0.3) is 0 Å². The number of unbranched alkanes of at least 4 members (excludes halogenated alkanes) is 1. The van der Waals surface area contributed by atoms with Crippen molar-refractivity contribution in [2.24, 2.45) is 5.92 Å². The molecular weight excluding hydrogens is 265 g/mol. The van der Waals surface area contributed by atoms with Gasteiger partial charge in [-0.3, -0.25) is 0 Å². The van der Waals surface area contributed by atoms with E-state index in [2.05, 4.69) is 10.6 Å². The summed E-state index contributed by atoms with van der Waals surface area (Å²) < 4.78 is 35.5. The van der Waals surface area contributed by atoms with Crippen LogP contribution in [0.4, 0.5) is 18.0 Å². The minimum atomic E-state index is -4.19. The molecular formula is C11H19F3N2O3. The lowest BCUT2D eigenvalue weighted by molar-refractivity contribution is -0.140. The smallest absolute Gasteiger partial charge is 0.389 e. The molecule has 0 fully saturated rings. The Labute approximate surface area is 109 Å². The highest BCUT2D eigenvalue weighted by Crippen LogP contribution is 2.21. The number of hydrogen-bond donors (Lipinski definition) is 3. The predicted molar refractivity (Wildman–Crippen MR) is 62.7 cm³/mol. The van der Waals surface area contributed by atoms with E-state index in [-0.39, 0.29) is 25.3 Å². The fraction of sp³-hybridized carbons (Fsp3) is 0.818. The molecule has 0 aromatic heterocycles. The van der Waals surface area contributed by atoms with Gasteiger partial charge in [-0.15, -0.1) is 0 Å². The molecule has 0 aromatic carbocycles. The minimum Gasteiger partial charge on any atom is -0.480 e. The van der Waals surface area contributed by atoms with Gasteiger partial charge in [0.25, 0.3) is 0 Å². The molecule has 1 atom stereocenters. The Morgan fingerprint density at radius 3 is 2.21 bits per heavy atom. The van der Waals surface area contributed by atoms with Crippen LogP contribution >= 0.6 is 0 Å². The first-order valence-corrected chi connectivity index (χ1v) is 5.97. The molecule has 0 aliphatic rings. The maximum atomic E-state index is 11.8. The van der Waals surface area contributed by atoms with Crippen molar-refractivity contribution in [2.75, 3.05) is 6.54 Å². The van der Waals surface area contributed by atoms with Gasteiger partial charge in [-0.05, 0) is 18.8 Å². The number of alkyl halides is 3. The van der Waals surface area contributed by atoms with Gasteiger partial charge in [0, 0.05) is 13.0 Å². The number of carboxylic acids is 1. The Morgan fingerprint density at radius 1 is 1.21 bits per heavy atom. The number of halogens is 3. The zero-order chi connectivity index (χ0) is 15.1. The summed E-state index contributed by atoms with van der Waals surface area (Å²) in [5.74, 6) is -1.43. The number of carboxylic acid groups (broad SMARTS) is 1. The van der Waals surface area contributed by atoms with Crippen LogP contribution in [0.5, 0.6) is 0 Å². The quantitative estimate of drug-likeness (QED) is 0.627. The lowest BCUT2D eigenvalue weighted by atomic mass is 10.1. The van der Waals surface area contributed by atoms with Gasteiger partial charge in [0.05, 0.1) is 0 Å². The van der Waals surface area contributed by atoms with Crippen molar-refractivity contribution >= 4 is 12.0 Å². The van der Waals surface area contributed by atoms with Crippen molar-refractivity contribution in [1.29, 1.82) is 0 Å². The van der Waals surface area contributed by atoms with Gasteiger partial charge in [-0.2, -0.15) is 13.2 Å². The summed E-state index contributed by atoms with van der Waals surface area (Å²) >= 11 is 0. The number of amides is 2. The lowest BCUT2D eigenvalue weighted by Gasteiger charge is -2.18. The van der Waals surface area contributed by atoms with E-state index in [1.807, 2.05) is 0 Å². The predicted octanol–water partition coefficient (Wildman–Crippen LogP) is 2.13. The average Bonchev–Trinajstić information content (AvgIpc) is 2.22. The van der Waals surface area contributed by atoms with Crippen LogP contribution in [0.15, 0.2) is 0 Å². The summed E-state index contributed by atoms with van der Waals surface area (Å²) in [5.41, 5.74) is 0. The zero-order valence-corrected chi connectivity index (χ0v) is 10.9. The van der Waals surface area contributed by atoms with Gasteiger partial charge in [0.2, 0.25) is 0 Å². The molecule has 0 saturated carbocycles. The van der Waals surface area contributed by atoms with Crippen molar-refractivity contribution in [3.05, 3.63) is 0 Å². The summed E-state index contributed by atoms with van der Waals surface area (Å²) in [6, 6.07) is -1.71. The van der Waals surface area contributed by atoms with Crippen LogP contribution in [-0.4, -0.2) is 35.9 Å². The number of hydrogen-bond acceptors (Lipinski definition) is 2. The van der Waals surface area contributed by atoms with E-state index in [0.717, 1.165) is 0 Å². The van der Waals surface area contributed by atoms with Crippen LogP contribution in [-0.2, 0) is 4.79 Å². The largest absolute Gasteiger partial charge is 0.480 e. The third-order valence-corrected chi connectivity index (χ3v) is 2.39. The van der Waals surface area contributed by atoms with E-state index in [4.69, 9.17) is 5.11 Å². The maximum absolute atomic E-state index is 11.8. The highest BCUT2D eigenvalue weighted by molar-refractivity contribution is 5.82. The van der Waals surface area contributed by atoms with E-state index < -0.39 is 30.6 Å². The number of carbonyl (C=O) groups is 2. The topological polar surface area (TPSA) is 78.4 Å². The normalized spacial score (nSPS) is 13.2. The molecule has 0 aliphatic carbocycles. The summed E-state index contributed by atoms with van der Waals surface area (Å²) in [6.45, 7) is 3.36. The fourth-order valence-corrected chi connectivity index (χ4v) is 1.36. The molecule has 0 heterocycles. The molecule has 0 aromatic rings. The molecule has 0 bridgehead atoms. The number of urea groups is 1. The van der Waals surface area contributed by atoms with Gasteiger partial charge in [0.15, 0.2) is 0 Å². The summed E-state index contributed by atoms with van der Waals surface area (Å²) in [6.07, 6.45) is -4.96. The third-order valence-electron chi connectivity index (χ3n) is 2.39. The molecule has 0 rings (SSSR count). The lowest BCUT2D eigenvalue weighted by Crippen LogP contribution is -2.48. The number of aliphatic carboxylic acids is 1. The second kappa shape index (κ2) is 7.85. The Bertz CT molecular complexity index is 306. The molecule has 5 nitrogen and oxygen atoms in total. The van der Waals surface area contributed by atoms with Crippen LogP contribution in [0, 0.1) is 5.92 Å². The molecule has 8 heteroatoms. The first-order valence-electron chi connectivity index (χ1n) is 5.97.